The van der Waals surface area contributed by atoms with Crippen molar-refractivity contribution < 1.29 is 28.5 Å². The van der Waals surface area contributed by atoms with Crippen LogP contribution < -0.4 is 29.2 Å². The van der Waals surface area contributed by atoms with Crippen molar-refractivity contribution in [2.75, 3.05) is 38.7 Å². The number of rotatable bonds is 8. The molecule has 1 atom stereocenters. The Morgan fingerprint density at radius 2 is 1.56 bits per heavy atom. The molecule has 2 aromatic carbocycles. The largest absolute Gasteiger partial charge is 0.495 e. The highest BCUT2D eigenvalue weighted by Crippen LogP contribution is 2.50. The van der Waals surface area contributed by atoms with Crippen molar-refractivity contribution in [1.82, 2.24) is 4.98 Å². The van der Waals surface area contributed by atoms with Gasteiger partial charge in [0.15, 0.2) is 5.54 Å². The van der Waals surface area contributed by atoms with Crippen LogP contribution in [0.4, 0.5) is 11.4 Å². The van der Waals surface area contributed by atoms with Crippen molar-refractivity contribution in [3.05, 3.63) is 64.4 Å². The van der Waals surface area contributed by atoms with E-state index in [2.05, 4.69) is 10.3 Å². The SMILES string of the molecule is COc1cc(OC)c(NC(=O)C2(c3cccnc3)CC(=O)N2c2cc(Cl)c(OC)cc2OC)cc1Cl. The normalized spacial score (nSPS) is 16.7. The van der Waals surface area contributed by atoms with E-state index in [-0.39, 0.29) is 22.4 Å². The van der Waals surface area contributed by atoms with Crippen molar-refractivity contribution in [2.45, 2.75) is 12.0 Å². The fourth-order valence-corrected chi connectivity index (χ4v) is 4.67. The molecular formula is C25H23Cl2N3O6. The molecule has 2 heterocycles. The second-order valence-corrected chi connectivity index (χ2v) is 8.62. The summed E-state index contributed by atoms with van der Waals surface area (Å²) < 4.78 is 21.5. The van der Waals surface area contributed by atoms with Gasteiger partial charge in [0.25, 0.3) is 5.91 Å². The quantitative estimate of drug-likeness (QED) is 0.420. The molecule has 1 aliphatic heterocycles. The summed E-state index contributed by atoms with van der Waals surface area (Å²) in [6, 6.07) is 9.58. The smallest absolute Gasteiger partial charge is 0.256 e. The molecule has 1 unspecified atom stereocenters. The Bertz CT molecular complexity index is 1320. The lowest BCUT2D eigenvalue weighted by Crippen LogP contribution is -2.67. The first-order valence-corrected chi connectivity index (χ1v) is 11.4. The number of pyridine rings is 1. The van der Waals surface area contributed by atoms with Gasteiger partial charge in [-0.1, -0.05) is 29.3 Å². The average Bonchev–Trinajstić information content (AvgIpc) is 2.87. The van der Waals surface area contributed by atoms with Gasteiger partial charge in [-0.05, 0) is 18.2 Å². The van der Waals surface area contributed by atoms with Gasteiger partial charge >= 0.3 is 0 Å². The Labute approximate surface area is 217 Å². The molecule has 1 aliphatic rings. The molecule has 1 aromatic heterocycles. The Morgan fingerprint density at radius 3 is 2.11 bits per heavy atom. The van der Waals surface area contributed by atoms with Crippen molar-refractivity contribution in [1.29, 1.82) is 0 Å². The number of β-lactam (4-membered cyclic amide) rings is 1. The number of halogens is 2. The Hall–Kier alpha value is -3.69. The number of hydrogen-bond acceptors (Lipinski definition) is 7. The minimum Gasteiger partial charge on any atom is -0.495 e. The topological polar surface area (TPSA) is 99.2 Å². The number of hydrogen-bond donors (Lipinski definition) is 1. The molecule has 36 heavy (non-hydrogen) atoms. The van der Waals surface area contributed by atoms with Crippen molar-refractivity contribution in [3.8, 4) is 23.0 Å². The molecule has 188 valence electrons. The van der Waals surface area contributed by atoms with E-state index >= 15 is 0 Å². The van der Waals surface area contributed by atoms with Crippen LogP contribution in [0.15, 0.2) is 48.8 Å². The third-order valence-electron chi connectivity index (χ3n) is 5.97. The summed E-state index contributed by atoms with van der Waals surface area (Å²) >= 11 is 12.7. The molecule has 0 saturated carbocycles. The van der Waals surface area contributed by atoms with Gasteiger partial charge < -0.3 is 24.3 Å². The number of benzene rings is 2. The van der Waals surface area contributed by atoms with Crippen LogP contribution >= 0.6 is 23.2 Å². The lowest BCUT2D eigenvalue weighted by molar-refractivity contribution is -0.137. The Balaban J connectivity index is 1.86. The Kier molecular flexibility index (Phi) is 7.14. The highest BCUT2D eigenvalue weighted by Gasteiger charge is 2.59. The molecular weight excluding hydrogens is 509 g/mol. The monoisotopic (exact) mass is 531 g/mol. The molecule has 0 radical (unpaired) electrons. The van der Waals surface area contributed by atoms with E-state index in [1.807, 2.05) is 0 Å². The van der Waals surface area contributed by atoms with Crippen molar-refractivity contribution in [2.24, 2.45) is 0 Å². The third-order valence-corrected chi connectivity index (χ3v) is 6.56. The molecule has 0 bridgehead atoms. The van der Waals surface area contributed by atoms with Gasteiger partial charge in [0.05, 0.1) is 56.3 Å². The van der Waals surface area contributed by atoms with E-state index in [4.69, 9.17) is 42.1 Å². The molecule has 1 N–H and O–H groups in total. The second-order valence-electron chi connectivity index (χ2n) is 7.81. The van der Waals surface area contributed by atoms with Crippen molar-refractivity contribution in [3.63, 3.8) is 0 Å². The zero-order valence-electron chi connectivity index (χ0n) is 19.9. The van der Waals surface area contributed by atoms with E-state index in [1.54, 1.807) is 30.5 Å². The number of carbonyl (C=O) groups is 2. The Morgan fingerprint density at radius 1 is 0.944 bits per heavy atom. The molecule has 9 nitrogen and oxygen atoms in total. The van der Waals surface area contributed by atoms with E-state index < -0.39 is 11.4 Å². The van der Waals surface area contributed by atoms with Gasteiger partial charge in [0.2, 0.25) is 5.91 Å². The summed E-state index contributed by atoms with van der Waals surface area (Å²) in [4.78, 5) is 32.7. The maximum atomic E-state index is 14.0. The number of nitrogens with zero attached hydrogens (tertiary/aromatic N) is 2. The third kappa shape index (κ3) is 4.14. The second kappa shape index (κ2) is 10.1. The maximum Gasteiger partial charge on any atom is 0.256 e. The van der Waals surface area contributed by atoms with Gasteiger partial charge in [0.1, 0.15) is 23.0 Å². The van der Waals surface area contributed by atoms with Crippen LogP contribution in [-0.4, -0.2) is 45.2 Å². The number of carbonyl (C=O) groups excluding carboxylic acids is 2. The van der Waals surface area contributed by atoms with Crippen LogP contribution in [0.5, 0.6) is 23.0 Å². The fraction of sp³-hybridized carbons (Fsp3) is 0.240. The predicted molar refractivity (Wildman–Crippen MR) is 136 cm³/mol. The molecule has 3 aromatic rings. The standard InChI is InChI=1S/C25H23Cl2N3O6/c1-33-19-10-21(35-3)17(8-15(19)26)29-24(32)25(14-6-5-7-28-13-14)12-23(31)30(25)18-9-16(27)20(34-2)11-22(18)36-4/h5-11,13H,12H2,1-4H3,(H,29,32). The van der Waals surface area contributed by atoms with E-state index in [0.717, 1.165) is 0 Å². The van der Waals surface area contributed by atoms with E-state index in [9.17, 15) is 9.59 Å². The minimum absolute atomic E-state index is 0.121. The number of aromatic nitrogens is 1. The average molecular weight is 532 g/mol. The number of nitrogens with one attached hydrogen (secondary N) is 1. The van der Waals surface area contributed by atoms with Gasteiger partial charge in [-0.2, -0.15) is 0 Å². The first-order valence-electron chi connectivity index (χ1n) is 10.7. The van der Waals surface area contributed by atoms with Crippen LogP contribution in [0.25, 0.3) is 0 Å². The summed E-state index contributed by atoms with van der Waals surface area (Å²) in [5.74, 6) is 0.548. The summed E-state index contributed by atoms with van der Waals surface area (Å²) in [6.07, 6.45) is 3.00. The van der Waals surface area contributed by atoms with Crippen LogP contribution in [-0.2, 0) is 15.1 Å². The highest BCUT2D eigenvalue weighted by molar-refractivity contribution is 6.33. The molecule has 0 aliphatic carbocycles. The number of ether oxygens (including phenoxy) is 4. The fourth-order valence-electron chi connectivity index (χ4n) is 4.19. The predicted octanol–water partition coefficient (Wildman–Crippen LogP) is 4.69. The summed E-state index contributed by atoms with van der Waals surface area (Å²) in [6.45, 7) is 0. The summed E-state index contributed by atoms with van der Waals surface area (Å²) in [5, 5.41) is 3.39. The molecule has 1 fully saturated rings. The van der Waals surface area contributed by atoms with Gasteiger partial charge in [0, 0.05) is 30.1 Å². The maximum absolute atomic E-state index is 14.0. The zero-order valence-corrected chi connectivity index (χ0v) is 21.4. The lowest BCUT2D eigenvalue weighted by Gasteiger charge is -2.50. The minimum atomic E-state index is -1.46. The molecule has 1 saturated heterocycles. The molecule has 4 rings (SSSR count). The first-order chi connectivity index (χ1) is 17.3. The molecule has 0 spiro atoms. The number of amides is 2. The van der Waals surface area contributed by atoms with Gasteiger partial charge in [-0.3, -0.25) is 19.5 Å². The number of methoxy groups -OCH3 is 4. The van der Waals surface area contributed by atoms with Crippen LogP contribution in [0.2, 0.25) is 10.0 Å². The van der Waals surface area contributed by atoms with Gasteiger partial charge in [-0.25, -0.2) is 0 Å². The zero-order chi connectivity index (χ0) is 26.0. The van der Waals surface area contributed by atoms with Crippen molar-refractivity contribution >= 4 is 46.4 Å². The number of anilines is 2. The van der Waals surface area contributed by atoms with Crippen LogP contribution in [0.1, 0.15) is 12.0 Å². The summed E-state index contributed by atoms with van der Waals surface area (Å²) in [5.41, 5.74) is -0.364. The summed E-state index contributed by atoms with van der Waals surface area (Å²) in [7, 11) is 5.85. The molecule has 11 heteroatoms. The van der Waals surface area contributed by atoms with E-state index in [1.165, 1.54) is 51.7 Å². The van der Waals surface area contributed by atoms with Crippen LogP contribution in [0, 0.1) is 0 Å². The lowest BCUT2D eigenvalue weighted by atomic mass is 9.76. The van der Waals surface area contributed by atoms with Crippen LogP contribution in [0.3, 0.4) is 0 Å². The van der Waals surface area contributed by atoms with Gasteiger partial charge in [-0.15, -0.1) is 0 Å². The molecule has 2 amide bonds. The first kappa shape index (κ1) is 25.4. The van der Waals surface area contributed by atoms with E-state index in [0.29, 0.717) is 39.9 Å². The highest BCUT2D eigenvalue weighted by atomic mass is 35.5.